The van der Waals surface area contributed by atoms with Crippen molar-refractivity contribution < 1.29 is 0 Å². The minimum atomic E-state index is 1.12. The maximum Gasteiger partial charge on any atom is 0.0561 e. The zero-order valence-electron chi connectivity index (χ0n) is 26.9. The lowest BCUT2D eigenvalue weighted by molar-refractivity contribution is 1.18. The van der Waals surface area contributed by atoms with E-state index in [1.165, 1.54) is 72.9 Å². The van der Waals surface area contributed by atoms with Crippen LogP contribution in [0.2, 0.25) is 0 Å². The molecule has 234 valence electrons. The van der Waals surface area contributed by atoms with Crippen LogP contribution in [-0.2, 0) is 0 Å². The fourth-order valence-electron chi connectivity index (χ4n) is 7.92. The summed E-state index contributed by atoms with van der Waals surface area (Å²) in [6.45, 7) is 0. The lowest BCUT2D eigenvalue weighted by Crippen LogP contribution is -2.10. The van der Waals surface area contributed by atoms with E-state index in [0.29, 0.717) is 0 Å². The third kappa shape index (κ3) is 4.13. The summed E-state index contributed by atoms with van der Waals surface area (Å²) in [6.07, 6.45) is 0. The van der Waals surface area contributed by atoms with Crippen LogP contribution < -0.4 is 4.90 Å². The predicted molar refractivity (Wildman–Crippen MR) is 219 cm³/mol. The fourth-order valence-corrected chi connectivity index (χ4v) is 10.2. The molecule has 11 aromatic rings. The minimum absolute atomic E-state index is 1.12. The van der Waals surface area contributed by atoms with Crippen molar-refractivity contribution in [2.24, 2.45) is 0 Å². The van der Waals surface area contributed by atoms with Crippen molar-refractivity contribution >= 4 is 113 Å². The lowest BCUT2D eigenvalue weighted by Gasteiger charge is -2.26. The second kappa shape index (κ2) is 10.8. The van der Waals surface area contributed by atoms with Gasteiger partial charge >= 0.3 is 0 Å². The Morgan fingerprint density at radius 3 is 1.80 bits per heavy atom. The molecule has 3 aromatic heterocycles. The second-order valence-corrected chi connectivity index (χ2v) is 15.1. The SMILES string of the molecule is c1ccc(-n2c3ccccc3c3ccc(N(c4ccc5c(c4)sc4ccccc45)c4ccc5ccc6sc7ccccc7c6c5c4)cc32)cc1. The van der Waals surface area contributed by atoms with Crippen LogP contribution in [0.25, 0.3) is 78.6 Å². The summed E-state index contributed by atoms with van der Waals surface area (Å²) < 4.78 is 7.66. The van der Waals surface area contributed by atoms with E-state index in [4.69, 9.17) is 0 Å². The third-order valence-corrected chi connectivity index (χ3v) is 12.4. The number of benzene rings is 8. The van der Waals surface area contributed by atoms with Gasteiger partial charge in [0, 0.05) is 73.9 Å². The molecule has 0 saturated carbocycles. The smallest absolute Gasteiger partial charge is 0.0561 e. The normalized spacial score (nSPS) is 12.0. The van der Waals surface area contributed by atoms with Crippen molar-refractivity contribution in [2.45, 2.75) is 0 Å². The van der Waals surface area contributed by atoms with E-state index < -0.39 is 0 Å². The summed E-state index contributed by atoms with van der Waals surface area (Å²) in [5.74, 6) is 0. The maximum absolute atomic E-state index is 2.45. The van der Waals surface area contributed by atoms with Gasteiger partial charge in [-0.05, 0) is 83.6 Å². The van der Waals surface area contributed by atoms with Crippen LogP contribution in [0.1, 0.15) is 0 Å². The van der Waals surface area contributed by atoms with Crippen molar-refractivity contribution in [3.63, 3.8) is 0 Å². The van der Waals surface area contributed by atoms with E-state index in [1.54, 1.807) is 0 Å². The average Bonchev–Trinajstić information content (AvgIpc) is 3.84. The van der Waals surface area contributed by atoms with Gasteiger partial charge in [-0.1, -0.05) is 97.1 Å². The number of aromatic nitrogens is 1. The molecule has 11 rings (SSSR count). The van der Waals surface area contributed by atoms with Gasteiger partial charge in [0.25, 0.3) is 0 Å². The molecule has 0 fully saturated rings. The van der Waals surface area contributed by atoms with Crippen LogP contribution in [0, 0.1) is 0 Å². The third-order valence-electron chi connectivity index (χ3n) is 10.2. The fraction of sp³-hybridized carbons (Fsp3) is 0. The van der Waals surface area contributed by atoms with E-state index >= 15 is 0 Å². The highest BCUT2D eigenvalue weighted by molar-refractivity contribution is 7.26. The van der Waals surface area contributed by atoms with E-state index in [9.17, 15) is 0 Å². The molecule has 8 aromatic carbocycles. The van der Waals surface area contributed by atoms with Crippen LogP contribution >= 0.6 is 22.7 Å². The van der Waals surface area contributed by atoms with E-state index in [-0.39, 0.29) is 0 Å². The molecule has 0 atom stereocenters. The predicted octanol–water partition coefficient (Wildman–Crippen LogP) is 14.1. The van der Waals surface area contributed by atoms with Gasteiger partial charge in [0.1, 0.15) is 0 Å². The topological polar surface area (TPSA) is 8.17 Å². The zero-order valence-corrected chi connectivity index (χ0v) is 28.5. The van der Waals surface area contributed by atoms with Crippen LogP contribution in [0.4, 0.5) is 17.1 Å². The van der Waals surface area contributed by atoms with Gasteiger partial charge in [-0.25, -0.2) is 0 Å². The molecule has 0 saturated heterocycles. The van der Waals surface area contributed by atoms with Crippen LogP contribution in [0.3, 0.4) is 0 Å². The van der Waals surface area contributed by atoms with Crippen molar-refractivity contribution in [2.75, 3.05) is 4.90 Å². The number of nitrogens with zero attached hydrogens (tertiary/aromatic N) is 2. The monoisotopic (exact) mass is 672 g/mol. The first kappa shape index (κ1) is 28.0. The Bertz CT molecular complexity index is 3110. The molecule has 0 N–H and O–H groups in total. The van der Waals surface area contributed by atoms with Gasteiger partial charge in [-0.15, -0.1) is 22.7 Å². The number of rotatable bonds is 4. The number of hydrogen-bond acceptors (Lipinski definition) is 3. The summed E-state index contributed by atoms with van der Waals surface area (Å²) in [4.78, 5) is 2.45. The Hall–Kier alpha value is -5.94. The Balaban J connectivity index is 1.20. The van der Waals surface area contributed by atoms with Gasteiger partial charge in [-0.3, -0.25) is 0 Å². The maximum atomic E-state index is 2.45. The summed E-state index contributed by atoms with van der Waals surface area (Å²) in [5.41, 5.74) is 6.97. The molecule has 0 bridgehead atoms. The molecule has 0 unspecified atom stereocenters. The molecule has 3 heterocycles. The number of anilines is 3. The molecular formula is C46H28N2S2. The van der Waals surface area contributed by atoms with Crippen LogP contribution in [0.5, 0.6) is 0 Å². The molecule has 0 spiro atoms. The second-order valence-electron chi connectivity index (χ2n) is 12.9. The van der Waals surface area contributed by atoms with Gasteiger partial charge < -0.3 is 9.47 Å². The zero-order chi connectivity index (χ0) is 32.8. The molecular weight excluding hydrogens is 645 g/mol. The summed E-state index contributed by atoms with van der Waals surface area (Å²) in [7, 11) is 0. The Labute approximate surface area is 296 Å². The van der Waals surface area contributed by atoms with E-state index in [2.05, 4.69) is 179 Å². The quantitative estimate of drug-likeness (QED) is 0.181. The number of para-hydroxylation sites is 2. The molecule has 0 aliphatic heterocycles. The molecule has 0 radical (unpaired) electrons. The van der Waals surface area contributed by atoms with Crippen molar-refractivity contribution in [3.05, 3.63) is 170 Å². The number of thiophene rings is 2. The largest absolute Gasteiger partial charge is 0.310 e. The van der Waals surface area contributed by atoms with Crippen LogP contribution in [0.15, 0.2) is 170 Å². The highest BCUT2D eigenvalue weighted by atomic mass is 32.1. The Kier molecular flexibility index (Phi) is 6.03. The first-order valence-electron chi connectivity index (χ1n) is 16.9. The van der Waals surface area contributed by atoms with E-state index in [0.717, 1.165) is 22.7 Å². The molecule has 50 heavy (non-hydrogen) atoms. The lowest BCUT2D eigenvalue weighted by atomic mass is 10.0. The van der Waals surface area contributed by atoms with Gasteiger partial charge in [0.2, 0.25) is 0 Å². The summed E-state index contributed by atoms with van der Waals surface area (Å²) in [6, 6.07) is 62.5. The Morgan fingerprint density at radius 2 is 0.940 bits per heavy atom. The number of hydrogen-bond donors (Lipinski definition) is 0. The first-order chi connectivity index (χ1) is 24.8. The highest BCUT2D eigenvalue weighted by Gasteiger charge is 2.20. The summed E-state index contributed by atoms with van der Waals surface area (Å²) >= 11 is 3.74. The van der Waals surface area contributed by atoms with Gasteiger partial charge in [0.05, 0.1) is 11.0 Å². The standard InChI is InChI=1S/C46H28N2S2/c1-2-10-30(11-3-1)48-40-15-7-4-12-34(40)35-23-21-32(27-41(35)48)47(33-22-24-37-36-13-5-8-16-42(36)50-45(37)28-33)31-20-18-29-19-25-44-46(39(29)26-31)38-14-6-9-17-43(38)49-44/h1-28H. The van der Waals surface area contributed by atoms with Crippen molar-refractivity contribution in [1.82, 2.24) is 4.57 Å². The number of fused-ring (bicyclic) bond motifs is 11. The molecule has 0 aliphatic rings. The molecule has 0 aliphatic carbocycles. The molecule has 4 heteroatoms. The Morgan fingerprint density at radius 1 is 0.360 bits per heavy atom. The molecule has 0 amide bonds. The van der Waals surface area contributed by atoms with E-state index in [1.807, 2.05) is 22.7 Å². The first-order valence-corrected chi connectivity index (χ1v) is 18.6. The van der Waals surface area contributed by atoms with Crippen molar-refractivity contribution in [1.29, 1.82) is 0 Å². The highest BCUT2D eigenvalue weighted by Crippen LogP contribution is 2.45. The molecule has 2 nitrogen and oxygen atoms in total. The van der Waals surface area contributed by atoms with Crippen LogP contribution in [-0.4, -0.2) is 4.57 Å². The average molecular weight is 673 g/mol. The van der Waals surface area contributed by atoms with Gasteiger partial charge in [-0.2, -0.15) is 0 Å². The summed E-state index contributed by atoms with van der Waals surface area (Å²) in [5, 5.41) is 10.3. The van der Waals surface area contributed by atoms with Gasteiger partial charge in [0.15, 0.2) is 0 Å². The van der Waals surface area contributed by atoms with Crippen molar-refractivity contribution in [3.8, 4) is 5.69 Å². The minimum Gasteiger partial charge on any atom is -0.310 e.